The molecule has 1 aliphatic rings. The van der Waals surface area contributed by atoms with Crippen molar-refractivity contribution in [1.29, 1.82) is 0 Å². The van der Waals surface area contributed by atoms with Crippen molar-refractivity contribution in [3.8, 4) is 11.5 Å². The molecule has 0 radical (unpaired) electrons. The van der Waals surface area contributed by atoms with Gasteiger partial charge in [-0.2, -0.15) is 0 Å². The van der Waals surface area contributed by atoms with Gasteiger partial charge in [-0.1, -0.05) is 60.7 Å². The lowest BCUT2D eigenvalue weighted by atomic mass is 9.82. The van der Waals surface area contributed by atoms with Crippen molar-refractivity contribution in [2.45, 2.75) is 0 Å². The van der Waals surface area contributed by atoms with Crippen LogP contribution in [0.25, 0.3) is 0 Å². The molecule has 5 rings (SSSR count). The second-order valence-corrected chi connectivity index (χ2v) is 7.20. The summed E-state index contributed by atoms with van der Waals surface area (Å²) in [6.45, 7) is 0. The Balaban J connectivity index is 1.72. The zero-order valence-corrected chi connectivity index (χ0v) is 16.5. The quantitative estimate of drug-likeness (QED) is 0.381. The predicted octanol–water partition coefficient (Wildman–Crippen LogP) is 5.58. The van der Waals surface area contributed by atoms with E-state index >= 15 is 0 Å². The van der Waals surface area contributed by atoms with E-state index in [0.29, 0.717) is 28.3 Å². The lowest BCUT2D eigenvalue weighted by molar-refractivity contribution is 0.0980. The summed E-state index contributed by atoms with van der Waals surface area (Å²) < 4.78 is 6.00. The third-order valence-electron chi connectivity index (χ3n) is 5.22. The average molecular weight is 406 g/mol. The van der Waals surface area contributed by atoms with Gasteiger partial charge in [-0.3, -0.25) is 9.59 Å². The van der Waals surface area contributed by atoms with Gasteiger partial charge in [0, 0.05) is 22.9 Å². The van der Waals surface area contributed by atoms with Crippen LogP contribution in [0.4, 0.5) is 17.1 Å². The van der Waals surface area contributed by atoms with Crippen LogP contribution in [0, 0.1) is 0 Å². The summed E-state index contributed by atoms with van der Waals surface area (Å²) in [6.07, 6.45) is 0. The Hall–Kier alpha value is -4.38. The number of carbonyl (C=O) groups excluding carboxylic acids is 2. The molecule has 5 nitrogen and oxygen atoms in total. The first kappa shape index (κ1) is 18.6. The van der Waals surface area contributed by atoms with Crippen LogP contribution in [0.5, 0.6) is 11.5 Å². The second-order valence-electron chi connectivity index (χ2n) is 7.20. The van der Waals surface area contributed by atoms with Crippen molar-refractivity contribution >= 4 is 28.6 Å². The molecule has 3 N–H and O–H groups in total. The van der Waals surface area contributed by atoms with E-state index < -0.39 is 0 Å². The van der Waals surface area contributed by atoms with Crippen molar-refractivity contribution < 1.29 is 14.3 Å². The van der Waals surface area contributed by atoms with Crippen molar-refractivity contribution in [2.75, 3.05) is 11.1 Å². The Labute approximate surface area is 179 Å². The fourth-order valence-corrected chi connectivity index (χ4v) is 3.77. The van der Waals surface area contributed by atoms with Gasteiger partial charge in [0.1, 0.15) is 5.75 Å². The number of rotatable bonds is 4. The summed E-state index contributed by atoms with van der Waals surface area (Å²) in [5.74, 6) is 0.345. The minimum atomic E-state index is -0.294. The number of nitrogen functional groups attached to an aromatic ring is 1. The zero-order valence-electron chi connectivity index (χ0n) is 16.5. The highest BCUT2D eigenvalue weighted by atomic mass is 16.5. The minimum absolute atomic E-state index is 0.144. The van der Waals surface area contributed by atoms with Crippen LogP contribution < -0.4 is 15.8 Å². The van der Waals surface area contributed by atoms with Gasteiger partial charge >= 0.3 is 0 Å². The molecule has 0 aliphatic heterocycles. The van der Waals surface area contributed by atoms with Gasteiger partial charge in [0.25, 0.3) is 0 Å². The van der Waals surface area contributed by atoms with Crippen molar-refractivity contribution in [3.05, 3.63) is 113 Å². The number of hydrogen-bond acceptors (Lipinski definition) is 5. The summed E-state index contributed by atoms with van der Waals surface area (Å²) in [5, 5.41) is 3.26. The van der Waals surface area contributed by atoms with E-state index in [1.54, 1.807) is 42.5 Å². The largest absolute Gasteiger partial charge is 0.455 e. The van der Waals surface area contributed by atoms with Crippen LogP contribution >= 0.6 is 0 Å². The first-order valence-corrected chi connectivity index (χ1v) is 9.83. The molecular formula is C26H18N2O3. The van der Waals surface area contributed by atoms with E-state index in [-0.39, 0.29) is 28.4 Å². The lowest BCUT2D eigenvalue weighted by Gasteiger charge is -2.24. The molecule has 31 heavy (non-hydrogen) atoms. The van der Waals surface area contributed by atoms with E-state index in [2.05, 4.69) is 5.32 Å². The number of anilines is 3. The standard InChI is InChI=1S/C26H18N2O3/c27-24-21(31-17-11-5-2-6-12-17)15-20(28-16-9-3-1-4-10-16)22-23(24)26(30)19-14-8-7-13-18(19)25(22)29/h1-15,28H,27H2. The molecular weight excluding hydrogens is 388 g/mol. The van der Waals surface area contributed by atoms with E-state index in [4.69, 9.17) is 10.5 Å². The van der Waals surface area contributed by atoms with E-state index in [1.165, 1.54) is 0 Å². The van der Waals surface area contributed by atoms with Crippen LogP contribution in [-0.4, -0.2) is 11.6 Å². The highest BCUT2D eigenvalue weighted by Gasteiger charge is 2.35. The maximum atomic E-state index is 13.4. The smallest absolute Gasteiger partial charge is 0.196 e. The van der Waals surface area contributed by atoms with Crippen molar-refractivity contribution in [2.24, 2.45) is 0 Å². The van der Waals surface area contributed by atoms with Gasteiger partial charge in [-0.15, -0.1) is 0 Å². The third kappa shape index (κ3) is 3.22. The molecule has 0 fully saturated rings. The number of carbonyl (C=O) groups is 2. The molecule has 4 aromatic rings. The number of ketones is 2. The van der Waals surface area contributed by atoms with Crippen LogP contribution in [0.2, 0.25) is 0 Å². The third-order valence-corrected chi connectivity index (χ3v) is 5.22. The summed E-state index contributed by atoms with van der Waals surface area (Å²) >= 11 is 0. The van der Waals surface area contributed by atoms with Gasteiger partial charge < -0.3 is 15.8 Å². The Morgan fingerprint density at radius 1 is 0.677 bits per heavy atom. The van der Waals surface area contributed by atoms with Crippen LogP contribution in [0.15, 0.2) is 91.0 Å². The maximum Gasteiger partial charge on any atom is 0.196 e. The van der Waals surface area contributed by atoms with Gasteiger partial charge in [-0.25, -0.2) is 0 Å². The van der Waals surface area contributed by atoms with Gasteiger partial charge in [-0.05, 0) is 24.3 Å². The molecule has 5 heteroatoms. The maximum absolute atomic E-state index is 13.4. The normalized spacial score (nSPS) is 12.1. The zero-order chi connectivity index (χ0) is 21.4. The molecule has 0 bridgehead atoms. The molecule has 0 heterocycles. The summed E-state index contributed by atoms with van der Waals surface area (Å²) in [5.41, 5.74) is 8.91. The fraction of sp³-hybridized carbons (Fsp3) is 0. The molecule has 0 unspecified atom stereocenters. The van der Waals surface area contributed by atoms with Crippen molar-refractivity contribution in [3.63, 3.8) is 0 Å². The average Bonchev–Trinajstić information content (AvgIpc) is 2.81. The number of fused-ring (bicyclic) bond motifs is 2. The van der Waals surface area contributed by atoms with Crippen LogP contribution in [0.3, 0.4) is 0 Å². The Morgan fingerprint density at radius 2 is 1.23 bits per heavy atom. The molecule has 0 saturated carbocycles. The fourth-order valence-electron chi connectivity index (χ4n) is 3.77. The molecule has 0 amide bonds. The predicted molar refractivity (Wildman–Crippen MR) is 120 cm³/mol. The summed E-state index contributed by atoms with van der Waals surface area (Å²) in [4.78, 5) is 26.8. The number of ether oxygens (including phenoxy) is 1. The summed E-state index contributed by atoms with van der Waals surface area (Å²) in [6, 6.07) is 27.1. The first-order chi connectivity index (χ1) is 15.1. The molecule has 4 aromatic carbocycles. The summed E-state index contributed by atoms with van der Waals surface area (Å²) in [7, 11) is 0. The molecule has 150 valence electrons. The minimum Gasteiger partial charge on any atom is -0.455 e. The number of para-hydroxylation sites is 2. The van der Waals surface area contributed by atoms with Gasteiger partial charge in [0.15, 0.2) is 17.3 Å². The van der Waals surface area contributed by atoms with E-state index in [1.807, 2.05) is 48.5 Å². The number of nitrogens with one attached hydrogen (secondary N) is 1. The topological polar surface area (TPSA) is 81.4 Å². The molecule has 0 spiro atoms. The lowest BCUT2D eigenvalue weighted by Crippen LogP contribution is -2.24. The molecule has 0 aromatic heterocycles. The van der Waals surface area contributed by atoms with Crippen molar-refractivity contribution in [1.82, 2.24) is 0 Å². The highest BCUT2D eigenvalue weighted by Crippen LogP contribution is 2.42. The number of benzene rings is 4. The second kappa shape index (κ2) is 7.46. The Bertz CT molecular complexity index is 1320. The van der Waals surface area contributed by atoms with E-state index in [0.717, 1.165) is 5.69 Å². The first-order valence-electron chi connectivity index (χ1n) is 9.83. The molecule has 0 atom stereocenters. The SMILES string of the molecule is Nc1c(Oc2ccccc2)cc(Nc2ccccc2)c2c1C(=O)c1ccccc1C2=O. The monoisotopic (exact) mass is 406 g/mol. The van der Waals surface area contributed by atoms with Crippen LogP contribution in [-0.2, 0) is 0 Å². The number of nitrogens with two attached hydrogens (primary N) is 1. The molecule has 1 aliphatic carbocycles. The highest BCUT2D eigenvalue weighted by molar-refractivity contribution is 6.32. The van der Waals surface area contributed by atoms with Gasteiger partial charge in [0.05, 0.1) is 22.5 Å². The number of hydrogen-bond donors (Lipinski definition) is 2. The Morgan fingerprint density at radius 3 is 1.87 bits per heavy atom. The van der Waals surface area contributed by atoms with E-state index in [9.17, 15) is 9.59 Å². The molecule has 0 saturated heterocycles. The van der Waals surface area contributed by atoms with Crippen LogP contribution in [0.1, 0.15) is 31.8 Å². The van der Waals surface area contributed by atoms with Gasteiger partial charge in [0.2, 0.25) is 0 Å². The Kier molecular flexibility index (Phi) is 4.49.